The summed E-state index contributed by atoms with van der Waals surface area (Å²) < 4.78 is 6.59. The summed E-state index contributed by atoms with van der Waals surface area (Å²) >= 11 is 1.55. The molecule has 1 amide bonds. The van der Waals surface area contributed by atoms with Gasteiger partial charge in [-0.25, -0.2) is 4.98 Å². The summed E-state index contributed by atoms with van der Waals surface area (Å²) in [5.41, 5.74) is 4.53. The lowest BCUT2D eigenvalue weighted by molar-refractivity contribution is -0.118. The first kappa shape index (κ1) is 18.4. The number of hydrogen-bond donors (Lipinski definition) is 0. The van der Waals surface area contributed by atoms with Crippen LogP contribution in [0.5, 0.6) is 0 Å². The van der Waals surface area contributed by atoms with Crippen LogP contribution < -0.4 is 4.90 Å². The Labute approximate surface area is 168 Å². The summed E-state index contributed by atoms with van der Waals surface area (Å²) in [5, 5.41) is 0.717. The van der Waals surface area contributed by atoms with Crippen molar-refractivity contribution in [1.82, 2.24) is 4.98 Å². The van der Waals surface area contributed by atoms with Gasteiger partial charge < -0.3 is 4.42 Å². The number of aromatic nitrogens is 1. The molecule has 28 heavy (non-hydrogen) atoms. The molecule has 0 saturated heterocycles. The molecule has 0 aliphatic rings. The van der Waals surface area contributed by atoms with Crippen molar-refractivity contribution in [2.24, 2.45) is 0 Å². The minimum Gasteiger partial charge on any atom is -0.467 e. The van der Waals surface area contributed by atoms with Crippen LogP contribution in [0.2, 0.25) is 0 Å². The zero-order valence-electron chi connectivity index (χ0n) is 16.0. The van der Waals surface area contributed by atoms with E-state index < -0.39 is 0 Å². The molecule has 0 unspecified atom stereocenters. The number of carbonyl (C=O) groups is 1. The number of fused-ring (bicyclic) bond motifs is 1. The molecule has 0 aliphatic heterocycles. The van der Waals surface area contributed by atoms with Gasteiger partial charge in [0.05, 0.1) is 23.0 Å². The molecule has 142 valence electrons. The summed E-state index contributed by atoms with van der Waals surface area (Å²) in [5.74, 6) is 0.799. The zero-order chi connectivity index (χ0) is 19.5. The molecule has 0 spiro atoms. The fourth-order valence-electron chi connectivity index (χ4n) is 3.14. The smallest absolute Gasteiger partial charge is 0.229 e. The van der Waals surface area contributed by atoms with Gasteiger partial charge in [0, 0.05) is 6.42 Å². The number of benzene rings is 2. The highest BCUT2D eigenvalue weighted by atomic mass is 32.1. The molecule has 0 radical (unpaired) electrons. The molecule has 2 aromatic heterocycles. The van der Waals surface area contributed by atoms with Gasteiger partial charge >= 0.3 is 0 Å². The van der Waals surface area contributed by atoms with E-state index in [-0.39, 0.29) is 5.91 Å². The van der Waals surface area contributed by atoms with Crippen molar-refractivity contribution in [3.63, 3.8) is 0 Å². The van der Waals surface area contributed by atoms with Gasteiger partial charge in [-0.1, -0.05) is 41.7 Å². The lowest BCUT2D eigenvalue weighted by Gasteiger charge is -2.18. The first-order valence-corrected chi connectivity index (χ1v) is 10.2. The molecule has 0 N–H and O–H groups in total. The molecule has 4 nitrogen and oxygen atoms in total. The van der Waals surface area contributed by atoms with Crippen LogP contribution in [0.4, 0.5) is 5.13 Å². The van der Waals surface area contributed by atoms with Crippen LogP contribution in [-0.2, 0) is 17.8 Å². The molecule has 0 bridgehead atoms. The molecule has 5 heteroatoms. The number of furan rings is 1. The van der Waals surface area contributed by atoms with E-state index in [4.69, 9.17) is 9.40 Å². The van der Waals surface area contributed by atoms with Crippen LogP contribution in [0.25, 0.3) is 10.2 Å². The molecule has 0 saturated carbocycles. The minimum absolute atomic E-state index is 0.0488. The number of nitrogens with zero attached hydrogens (tertiary/aromatic N) is 2. The molecule has 2 heterocycles. The van der Waals surface area contributed by atoms with Gasteiger partial charge in [0.15, 0.2) is 5.13 Å². The van der Waals surface area contributed by atoms with E-state index >= 15 is 0 Å². The van der Waals surface area contributed by atoms with Gasteiger partial charge in [-0.2, -0.15) is 0 Å². The first-order chi connectivity index (χ1) is 13.6. The molecular formula is C23H22N2O2S. The molecule has 4 aromatic rings. The van der Waals surface area contributed by atoms with E-state index in [1.165, 1.54) is 11.1 Å². The monoisotopic (exact) mass is 390 g/mol. The van der Waals surface area contributed by atoms with E-state index in [0.29, 0.717) is 19.4 Å². The summed E-state index contributed by atoms with van der Waals surface area (Å²) in [6.45, 7) is 4.57. The number of amides is 1. The Bertz CT molecular complexity index is 1050. The highest BCUT2D eigenvalue weighted by Crippen LogP contribution is 2.32. The maximum Gasteiger partial charge on any atom is 0.229 e. The fraction of sp³-hybridized carbons (Fsp3) is 0.217. The zero-order valence-corrected chi connectivity index (χ0v) is 16.8. The number of anilines is 1. The summed E-state index contributed by atoms with van der Waals surface area (Å²) in [7, 11) is 0. The second kappa shape index (κ2) is 7.98. The van der Waals surface area contributed by atoms with Crippen LogP contribution in [0.3, 0.4) is 0 Å². The van der Waals surface area contributed by atoms with Crippen molar-refractivity contribution < 1.29 is 9.21 Å². The Hall–Kier alpha value is -2.92. The Balaban J connectivity index is 1.62. The number of rotatable bonds is 6. The minimum atomic E-state index is 0.0488. The fourth-order valence-corrected chi connectivity index (χ4v) is 4.20. The molecule has 0 aliphatic carbocycles. The Morgan fingerprint density at radius 3 is 2.61 bits per heavy atom. The molecule has 2 aromatic carbocycles. The van der Waals surface area contributed by atoms with Crippen LogP contribution in [0.1, 0.15) is 28.9 Å². The van der Waals surface area contributed by atoms with E-state index in [0.717, 1.165) is 26.7 Å². The van der Waals surface area contributed by atoms with Gasteiger partial charge in [0.2, 0.25) is 5.91 Å². The summed E-state index contributed by atoms with van der Waals surface area (Å²) in [6.07, 6.45) is 2.77. The molecule has 0 atom stereocenters. The molecule has 4 rings (SSSR count). The summed E-state index contributed by atoms with van der Waals surface area (Å²) in [6, 6.07) is 18.0. The largest absolute Gasteiger partial charge is 0.467 e. The van der Waals surface area contributed by atoms with Gasteiger partial charge in [-0.3, -0.25) is 9.69 Å². The Kier molecular flexibility index (Phi) is 5.26. The maximum absolute atomic E-state index is 13.1. The van der Waals surface area contributed by atoms with E-state index in [1.807, 2.05) is 42.5 Å². The van der Waals surface area contributed by atoms with E-state index in [9.17, 15) is 4.79 Å². The second-order valence-corrected chi connectivity index (χ2v) is 7.95. The van der Waals surface area contributed by atoms with Gasteiger partial charge in [0.1, 0.15) is 5.76 Å². The quantitative estimate of drug-likeness (QED) is 0.426. The van der Waals surface area contributed by atoms with E-state index in [2.05, 4.69) is 26.0 Å². The Morgan fingerprint density at radius 2 is 1.86 bits per heavy atom. The average Bonchev–Trinajstić information content (AvgIpc) is 3.35. The molecular weight excluding hydrogens is 368 g/mol. The van der Waals surface area contributed by atoms with Crippen molar-refractivity contribution in [2.45, 2.75) is 33.2 Å². The summed E-state index contributed by atoms with van der Waals surface area (Å²) in [4.78, 5) is 19.6. The van der Waals surface area contributed by atoms with Crippen molar-refractivity contribution in [2.75, 3.05) is 4.90 Å². The van der Waals surface area contributed by atoms with Crippen LogP contribution in [-0.4, -0.2) is 10.9 Å². The number of hydrogen-bond acceptors (Lipinski definition) is 4. The third-order valence-electron chi connectivity index (χ3n) is 4.89. The Morgan fingerprint density at radius 1 is 1.07 bits per heavy atom. The maximum atomic E-state index is 13.1. The van der Waals surface area contributed by atoms with Crippen molar-refractivity contribution in [1.29, 1.82) is 0 Å². The highest BCUT2D eigenvalue weighted by Gasteiger charge is 2.21. The third kappa shape index (κ3) is 3.99. The first-order valence-electron chi connectivity index (χ1n) is 9.34. The van der Waals surface area contributed by atoms with Gasteiger partial charge in [-0.05, 0) is 61.2 Å². The molecule has 0 fully saturated rings. The van der Waals surface area contributed by atoms with Crippen LogP contribution in [0.15, 0.2) is 65.3 Å². The second-order valence-electron chi connectivity index (χ2n) is 6.95. The number of aryl methyl sites for hydroxylation is 3. The van der Waals surface area contributed by atoms with Crippen molar-refractivity contribution in [3.8, 4) is 0 Å². The lowest BCUT2D eigenvalue weighted by Crippen LogP contribution is -2.30. The number of thiazole rings is 1. The van der Waals surface area contributed by atoms with Crippen LogP contribution in [0, 0.1) is 13.8 Å². The highest BCUT2D eigenvalue weighted by molar-refractivity contribution is 7.22. The van der Waals surface area contributed by atoms with Gasteiger partial charge in [-0.15, -0.1) is 0 Å². The predicted molar refractivity (Wildman–Crippen MR) is 114 cm³/mol. The standard InChI is InChI=1S/C23H22N2O2S/c1-16-13-20-21(14-17(16)2)28-23(24-20)25(15-19-9-6-12-27-19)22(26)11-10-18-7-4-3-5-8-18/h3-9,12-14H,10-11,15H2,1-2H3. The van der Waals surface area contributed by atoms with Crippen molar-refractivity contribution in [3.05, 3.63) is 83.3 Å². The van der Waals surface area contributed by atoms with Crippen molar-refractivity contribution >= 4 is 32.6 Å². The normalized spacial score (nSPS) is 11.1. The topological polar surface area (TPSA) is 46.3 Å². The van der Waals surface area contributed by atoms with Crippen LogP contribution >= 0.6 is 11.3 Å². The third-order valence-corrected chi connectivity index (χ3v) is 5.93. The predicted octanol–water partition coefficient (Wildman–Crippen LogP) is 5.67. The number of carbonyl (C=O) groups excluding carboxylic acids is 1. The lowest BCUT2D eigenvalue weighted by atomic mass is 10.1. The van der Waals surface area contributed by atoms with E-state index in [1.54, 1.807) is 22.5 Å². The van der Waals surface area contributed by atoms with Gasteiger partial charge in [0.25, 0.3) is 0 Å². The average molecular weight is 391 g/mol. The SMILES string of the molecule is Cc1cc2nc(N(Cc3ccco3)C(=O)CCc3ccccc3)sc2cc1C.